The number of hydrogen-bond donors (Lipinski definition) is 1. The van der Waals surface area contributed by atoms with Crippen LogP contribution >= 0.6 is 0 Å². The molecule has 6 heteroatoms. The second-order valence-corrected chi connectivity index (χ2v) is 9.99. The van der Waals surface area contributed by atoms with Gasteiger partial charge < -0.3 is 14.4 Å². The molecule has 0 amide bonds. The van der Waals surface area contributed by atoms with E-state index in [0.717, 1.165) is 44.1 Å². The summed E-state index contributed by atoms with van der Waals surface area (Å²) in [6.07, 6.45) is 1.79. The molecule has 0 atom stereocenters. The predicted molar refractivity (Wildman–Crippen MR) is 149 cm³/mol. The number of para-hydroxylation sites is 1. The molecular weight excluding hydrogens is 653 g/mol. The van der Waals surface area contributed by atoms with Crippen LogP contribution in [0.4, 0.5) is 0 Å². The van der Waals surface area contributed by atoms with Gasteiger partial charge in [0.1, 0.15) is 17.1 Å². The van der Waals surface area contributed by atoms with E-state index in [1.807, 2.05) is 48.5 Å². The first-order chi connectivity index (χ1) is 17.9. The van der Waals surface area contributed by atoms with Gasteiger partial charge in [-0.1, -0.05) is 69.6 Å². The van der Waals surface area contributed by atoms with E-state index in [4.69, 9.17) is 9.72 Å². The Balaban J connectivity index is 0.00000294. The average Bonchev–Trinajstić information content (AvgIpc) is 3.22. The monoisotopic (exact) mass is 681 g/mol. The maximum Gasteiger partial charge on any atom is 0.220 e. The topological polar surface area (TPSA) is 60.2 Å². The van der Waals surface area contributed by atoms with Crippen LogP contribution in [0.3, 0.4) is 0 Å². The Kier molecular flexibility index (Phi) is 6.98. The molecule has 0 aliphatic carbocycles. The van der Waals surface area contributed by atoms with Crippen molar-refractivity contribution in [3.8, 4) is 23.2 Å². The van der Waals surface area contributed by atoms with E-state index < -0.39 is 0 Å². The van der Waals surface area contributed by atoms with Gasteiger partial charge in [0.15, 0.2) is 0 Å². The Bertz CT molecular complexity index is 1780. The Hall–Kier alpha value is -3.69. The van der Waals surface area contributed by atoms with Crippen LogP contribution in [-0.2, 0) is 21.1 Å². The minimum absolute atomic E-state index is 0. The third-order valence-corrected chi connectivity index (χ3v) is 6.87. The van der Waals surface area contributed by atoms with E-state index in [-0.39, 0.29) is 38.7 Å². The Morgan fingerprint density at radius 3 is 2.34 bits per heavy atom. The first-order valence-corrected chi connectivity index (χ1v) is 12.6. The molecule has 0 fully saturated rings. The molecule has 3 aromatic heterocycles. The molecule has 6 rings (SSSR count). The number of hydrogen-bond acceptors (Lipinski definition) is 4. The molecule has 0 radical (unpaired) electrons. The summed E-state index contributed by atoms with van der Waals surface area (Å²) in [6, 6.07) is 27.7. The second kappa shape index (κ2) is 10.2. The molecule has 3 heterocycles. The van der Waals surface area contributed by atoms with Crippen molar-refractivity contribution < 1.29 is 30.9 Å². The van der Waals surface area contributed by atoms with Crippen molar-refractivity contribution >= 4 is 32.7 Å². The fourth-order valence-electron chi connectivity index (χ4n) is 4.96. The largest absolute Gasteiger partial charge is 0.505 e. The van der Waals surface area contributed by atoms with Gasteiger partial charge in [-0.3, -0.25) is 0 Å². The van der Waals surface area contributed by atoms with Gasteiger partial charge in [-0.15, -0.1) is 17.5 Å². The number of ether oxygens (including phenoxy) is 1. The van der Waals surface area contributed by atoms with Crippen molar-refractivity contribution in [1.82, 2.24) is 14.5 Å². The zero-order valence-electron chi connectivity index (χ0n) is 21.7. The van der Waals surface area contributed by atoms with E-state index in [1.54, 1.807) is 6.20 Å². The van der Waals surface area contributed by atoms with Crippen LogP contribution in [-0.4, -0.2) is 19.6 Å². The summed E-state index contributed by atoms with van der Waals surface area (Å²) in [5.74, 6) is 2.44. The molecule has 0 aliphatic heterocycles. The first kappa shape index (κ1) is 25.9. The van der Waals surface area contributed by atoms with Crippen LogP contribution in [0.1, 0.15) is 50.7 Å². The van der Waals surface area contributed by atoms with Crippen LogP contribution in [0.25, 0.3) is 38.5 Å². The molecule has 0 unspecified atom stereocenters. The summed E-state index contributed by atoms with van der Waals surface area (Å²) in [4.78, 5) is 9.43. The number of phenolic OH excluding ortho intramolecular Hbond substituents is 1. The Morgan fingerprint density at radius 2 is 1.61 bits per heavy atom. The number of phenols is 1. The summed E-state index contributed by atoms with van der Waals surface area (Å²) in [7, 11) is 0. The van der Waals surface area contributed by atoms with Crippen molar-refractivity contribution in [2.45, 2.75) is 39.5 Å². The molecule has 1 N–H and O–H groups in total. The van der Waals surface area contributed by atoms with Gasteiger partial charge in [-0.05, 0) is 47.1 Å². The number of aromatic hydroxyl groups is 1. The molecule has 6 aromatic rings. The van der Waals surface area contributed by atoms with E-state index >= 15 is 0 Å². The molecule has 0 saturated heterocycles. The molecule has 0 saturated carbocycles. The minimum Gasteiger partial charge on any atom is -0.505 e. The molecule has 3 aromatic carbocycles. The van der Waals surface area contributed by atoms with Crippen molar-refractivity contribution in [2.24, 2.45) is 0 Å². The number of aromatic nitrogens is 3. The third-order valence-electron chi connectivity index (χ3n) is 6.87. The fraction of sp³-hybridized carbons (Fsp3) is 0.188. The smallest absolute Gasteiger partial charge is 0.220 e. The van der Waals surface area contributed by atoms with Gasteiger partial charge in [-0.25, -0.2) is 9.97 Å². The van der Waals surface area contributed by atoms with Gasteiger partial charge >= 0.3 is 0 Å². The van der Waals surface area contributed by atoms with E-state index in [9.17, 15) is 5.11 Å². The molecule has 0 aliphatic rings. The molecule has 5 nitrogen and oxygen atoms in total. The molecular formula is C32H28N3O2Pt-. The summed E-state index contributed by atoms with van der Waals surface area (Å²) in [5, 5.41) is 14.1. The second-order valence-electron chi connectivity index (χ2n) is 9.99. The summed E-state index contributed by atoms with van der Waals surface area (Å²) in [5.41, 5.74) is 4.34. The quantitative estimate of drug-likeness (QED) is 0.186. The number of benzene rings is 3. The summed E-state index contributed by atoms with van der Waals surface area (Å²) in [6.45, 7) is 8.35. The van der Waals surface area contributed by atoms with Crippen LogP contribution in [0.2, 0.25) is 0 Å². The first-order valence-electron chi connectivity index (χ1n) is 12.6. The van der Waals surface area contributed by atoms with Crippen molar-refractivity contribution in [1.29, 1.82) is 0 Å². The van der Waals surface area contributed by atoms with Crippen molar-refractivity contribution in [3.05, 3.63) is 96.2 Å². The Labute approximate surface area is 236 Å². The van der Waals surface area contributed by atoms with Crippen LogP contribution < -0.4 is 4.74 Å². The zero-order valence-corrected chi connectivity index (χ0v) is 23.9. The third kappa shape index (κ3) is 4.35. The number of pyridine rings is 2. The molecule has 38 heavy (non-hydrogen) atoms. The zero-order chi connectivity index (χ0) is 25.7. The van der Waals surface area contributed by atoms with Gasteiger partial charge in [-0.2, -0.15) is 6.07 Å². The number of rotatable bonds is 5. The SMILES string of the molecule is CC(C)c1cc2ccc(C(C)C)c(O)c2nc1Oc1[c-]c2c(cc1)c1ccccc1n2-c1ccccn1.[Pt]. The molecule has 0 spiro atoms. The molecule has 0 bridgehead atoms. The van der Waals surface area contributed by atoms with Crippen LogP contribution in [0.15, 0.2) is 79.0 Å². The maximum atomic E-state index is 11.0. The van der Waals surface area contributed by atoms with Gasteiger partial charge in [0.2, 0.25) is 5.88 Å². The van der Waals surface area contributed by atoms with Crippen LogP contribution in [0, 0.1) is 6.07 Å². The predicted octanol–water partition coefficient (Wildman–Crippen LogP) is 8.27. The van der Waals surface area contributed by atoms with E-state index in [0.29, 0.717) is 17.1 Å². The average molecular weight is 682 g/mol. The Morgan fingerprint density at radius 1 is 0.842 bits per heavy atom. The number of nitrogens with zero attached hydrogens (tertiary/aromatic N) is 3. The standard InChI is InChI=1S/C32H28N3O2.Pt/c1-19(2)23-14-12-21-17-26(20(3)4)32(34-30(21)31(23)36)37-22-13-15-25-24-9-5-6-10-27(24)35(28(25)18-22)29-11-7-8-16-33-29;/h5-17,19-20,36H,1-4H3;/q-1;. The fourth-order valence-corrected chi connectivity index (χ4v) is 4.96. The molecule has 194 valence electrons. The van der Waals surface area contributed by atoms with Gasteiger partial charge in [0.05, 0.1) is 0 Å². The number of fused-ring (bicyclic) bond motifs is 4. The van der Waals surface area contributed by atoms with E-state index in [2.05, 4.69) is 67.6 Å². The van der Waals surface area contributed by atoms with Gasteiger partial charge in [0, 0.05) is 49.5 Å². The minimum atomic E-state index is 0. The summed E-state index contributed by atoms with van der Waals surface area (Å²) < 4.78 is 8.52. The summed E-state index contributed by atoms with van der Waals surface area (Å²) >= 11 is 0. The normalized spacial score (nSPS) is 11.5. The maximum absolute atomic E-state index is 11.0. The van der Waals surface area contributed by atoms with E-state index in [1.165, 1.54) is 0 Å². The van der Waals surface area contributed by atoms with Crippen LogP contribution in [0.5, 0.6) is 17.4 Å². The van der Waals surface area contributed by atoms with Gasteiger partial charge in [0.25, 0.3) is 0 Å². The van der Waals surface area contributed by atoms with Crippen molar-refractivity contribution in [3.63, 3.8) is 0 Å². The van der Waals surface area contributed by atoms with Crippen molar-refractivity contribution in [2.75, 3.05) is 0 Å².